The summed E-state index contributed by atoms with van der Waals surface area (Å²) in [4.78, 5) is 28.8. The highest BCUT2D eigenvalue weighted by molar-refractivity contribution is 6.32. The Kier molecular flexibility index (Phi) is 8.01. The van der Waals surface area contributed by atoms with Crippen LogP contribution in [-0.4, -0.2) is 74.5 Å². The number of ether oxygens (including phenoxy) is 1. The maximum Gasteiger partial charge on any atom is 0.410 e. The van der Waals surface area contributed by atoms with E-state index in [4.69, 9.17) is 32.0 Å². The van der Waals surface area contributed by atoms with Crippen molar-refractivity contribution in [3.63, 3.8) is 0 Å². The molecule has 0 spiro atoms. The molecule has 0 saturated carbocycles. The number of nitrogen functional groups attached to an aromatic ring is 1. The van der Waals surface area contributed by atoms with Crippen molar-refractivity contribution in [1.29, 1.82) is 0 Å². The Labute approximate surface area is 266 Å². The van der Waals surface area contributed by atoms with Crippen LogP contribution in [0.5, 0.6) is 5.75 Å². The average Bonchev–Trinajstić information content (AvgIpc) is 3.34. The Morgan fingerprint density at radius 2 is 1.73 bits per heavy atom. The molecule has 0 aliphatic carbocycles. The number of hydrogen-bond acceptors (Lipinski definition) is 10. The predicted molar refractivity (Wildman–Crippen MR) is 172 cm³/mol. The zero-order chi connectivity index (χ0) is 30.9. The van der Waals surface area contributed by atoms with Gasteiger partial charge in [0.15, 0.2) is 5.82 Å². The quantitative estimate of drug-likeness (QED) is 0.292. The van der Waals surface area contributed by atoms with Crippen molar-refractivity contribution in [3.05, 3.63) is 83.1 Å². The first-order valence-electron chi connectivity index (χ1n) is 15.4. The maximum atomic E-state index is 12.7. The average molecular weight is 627 g/mol. The first-order valence-corrected chi connectivity index (χ1v) is 15.8. The van der Waals surface area contributed by atoms with Gasteiger partial charge in [-0.3, -0.25) is 0 Å². The number of rotatable bonds is 6. The van der Waals surface area contributed by atoms with Gasteiger partial charge in [-0.2, -0.15) is 0 Å². The minimum Gasteiger partial charge on any atom is -0.506 e. The normalized spacial score (nSPS) is 20.0. The second-order valence-electron chi connectivity index (χ2n) is 11.9. The number of nitrogens with zero attached hydrogens (tertiary/aromatic N) is 7. The van der Waals surface area contributed by atoms with Crippen molar-refractivity contribution in [1.82, 2.24) is 25.1 Å². The van der Waals surface area contributed by atoms with Crippen LogP contribution in [0.3, 0.4) is 0 Å². The highest BCUT2D eigenvalue weighted by atomic mass is 35.5. The fraction of sp³-hybridized carbons (Fsp3) is 0.364. The molecule has 45 heavy (non-hydrogen) atoms. The molecule has 0 unspecified atom stereocenters. The lowest BCUT2D eigenvalue weighted by molar-refractivity contribution is 0.0868. The number of anilines is 3. The number of phenolic OH excluding ortho intramolecular Hbond substituents is 1. The molecule has 12 heteroatoms. The number of fused-ring (bicyclic) bond motifs is 2. The number of phenols is 1. The molecule has 2 bridgehead atoms. The summed E-state index contributed by atoms with van der Waals surface area (Å²) in [6.07, 6.45) is 5.30. The molecule has 3 aliphatic heterocycles. The third-order valence-corrected chi connectivity index (χ3v) is 9.46. The third kappa shape index (κ3) is 5.92. The van der Waals surface area contributed by atoms with E-state index in [-0.39, 0.29) is 41.5 Å². The molecule has 2 aromatic carbocycles. The number of halogens is 1. The highest BCUT2D eigenvalue weighted by Gasteiger charge is 2.42. The van der Waals surface area contributed by atoms with Crippen molar-refractivity contribution < 1.29 is 14.6 Å². The topological polar surface area (TPSA) is 134 Å². The summed E-state index contributed by atoms with van der Waals surface area (Å²) in [6.45, 7) is 3.03. The van der Waals surface area contributed by atoms with E-state index in [0.29, 0.717) is 30.2 Å². The molecule has 2 atom stereocenters. The number of likely N-dealkylation sites (tertiary alicyclic amines) is 1. The SMILES string of the molecule is Nc1nnc(-c2cccc(Cl)c2O)cc1N1C[C@H]2CC[C@@H](C1)N2c1nccc(C2CCN(C(=O)OCc3ccccc3)CC2)n1. The van der Waals surface area contributed by atoms with Crippen LogP contribution >= 0.6 is 11.6 Å². The highest BCUT2D eigenvalue weighted by Crippen LogP contribution is 2.39. The van der Waals surface area contributed by atoms with E-state index in [1.165, 1.54) is 0 Å². The number of piperazine rings is 1. The van der Waals surface area contributed by atoms with Gasteiger partial charge in [-0.15, -0.1) is 10.2 Å². The Morgan fingerprint density at radius 3 is 2.49 bits per heavy atom. The second kappa shape index (κ2) is 12.4. The largest absolute Gasteiger partial charge is 0.506 e. The van der Waals surface area contributed by atoms with E-state index in [2.05, 4.69) is 20.0 Å². The molecule has 3 fully saturated rings. The molecular weight excluding hydrogens is 592 g/mol. The van der Waals surface area contributed by atoms with Gasteiger partial charge in [-0.05, 0) is 55.5 Å². The van der Waals surface area contributed by atoms with Gasteiger partial charge in [0, 0.05) is 61.6 Å². The summed E-state index contributed by atoms with van der Waals surface area (Å²) in [5.74, 6) is 1.34. The summed E-state index contributed by atoms with van der Waals surface area (Å²) in [6, 6.07) is 19.2. The van der Waals surface area contributed by atoms with Crippen LogP contribution in [-0.2, 0) is 11.3 Å². The summed E-state index contributed by atoms with van der Waals surface area (Å²) < 4.78 is 5.54. The van der Waals surface area contributed by atoms with Gasteiger partial charge in [0.25, 0.3) is 0 Å². The Bertz CT molecular complexity index is 1670. The van der Waals surface area contributed by atoms with E-state index < -0.39 is 0 Å². The first-order chi connectivity index (χ1) is 21.9. The summed E-state index contributed by atoms with van der Waals surface area (Å²) in [5.41, 5.74) is 10.1. The maximum absolute atomic E-state index is 12.7. The van der Waals surface area contributed by atoms with Gasteiger partial charge in [0.1, 0.15) is 12.4 Å². The first kappa shape index (κ1) is 29.1. The predicted octanol–water partition coefficient (Wildman–Crippen LogP) is 5.25. The van der Waals surface area contributed by atoms with Gasteiger partial charge in [0.05, 0.1) is 16.4 Å². The molecule has 2 aromatic heterocycles. The van der Waals surface area contributed by atoms with Gasteiger partial charge in [-0.25, -0.2) is 14.8 Å². The van der Waals surface area contributed by atoms with Gasteiger partial charge in [0.2, 0.25) is 5.95 Å². The molecule has 3 saturated heterocycles. The number of hydrogen-bond donors (Lipinski definition) is 2. The second-order valence-corrected chi connectivity index (χ2v) is 12.3. The van der Waals surface area contributed by atoms with E-state index in [9.17, 15) is 9.90 Å². The molecule has 3 N–H and O–H groups in total. The van der Waals surface area contributed by atoms with E-state index in [0.717, 1.165) is 61.7 Å². The zero-order valence-corrected chi connectivity index (χ0v) is 25.6. The van der Waals surface area contributed by atoms with Crippen LogP contribution in [0.2, 0.25) is 5.02 Å². The van der Waals surface area contributed by atoms with Crippen molar-refractivity contribution in [3.8, 4) is 17.0 Å². The number of aromatic nitrogens is 4. The molecule has 11 nitrogen and oxygen atoms in total. The fourth-order valence-electron chi connectivity index (χ4n) is 6.81. The van der Waals surface area contributed by atoms with Crippen LogP contribution in [0.15, 0.2) is 66.9 Å². The lowest BCUT2D eigenvalue weighted by Gasteiger charge is -2.42. The number of benzene rings is 2. The number of aromatic hydroxyl groups is 1. The monoisotopic (exact) mass is 626 g/mol. The van der Waals surface area contributed by atoms with Crippen LogP contribution in [0.4, 0.5) is 22.2 Å². The summed E-state index contributed by atoms with van der Waals surface area (Å²) >= 11 is 6.14. The minimum absolute atomic E-state index is 0.0280. The molecule has 3 aliphatic rings. The van der Waals surface area contributed by atoms with Crippen molar-refractivity contribution >= 4 is 35.1 Å². The van der Waals surface area contributed by atoms with Gasteiger partial charge in [-0.1, -0.05) is 48.0 Å². The summed E-state index contributed by atoms with van der Waals surface area (Å²) in [7, 11) is 0. The molecule has 232 valence electrons. The lowest BCUT2D eigenvalue weighted by Crippen LogP contribution is -2.54. The lowest BCUT2D eigenvalue weighted by atomic mass is 9.93. The van der Waals surface area contributed by atoms with Crippen LogP contribution in [0.1, 0.15) is 42.9 Å². The molecule has 4 aromatic rings. The van der Waals surface area contributed by atoms with Crippen molar-refractivity contribution in [2.75, 3.05) is 41.7 Å². The van der Waals surface area contributed by atoms with Crippen LogP contribution in [0.25, 0.3) is 11.3 Å². The molecule has 1 amide bonds. The number of piperidine rings is 1. The van der Waals surface area contributed by atoms with Crippen molar-refractivity contribution in [2.45, 2.75) is 50.3 Å². The van der Waals surface area contributed by atoms with Crippen molar-refractivity contribution in [2.24, 2.45) is 0 Å². The van der Waals surface area contributed by atoms with E-state index in [1.54, 1.807) is 23.1 Å². The fourth-order valence-corrected chi connectivity index (χ4v) is 6.98. The van der Waals surface area contributed by atoms with Crippen LogP contribution < -0.4 is 15.5 Å². The number of nitrogens with two attached hydrogens (primary N) is 1. The van der Waals surface area contributed by atoms with Gasteiger partial charge < -0.3 is 30.3 Å². The Morgan fingerprint density at radius 1 is 0.978 bits per heavy atom. The van der Waals surface area contributed by atoms with E-state index in [1.807, 2.05) is 48.7 Å². The molecular formula is C33H35ClN8O3. The Hall–Kier alpha value is -4.64. The summed E-state index contributed by atoms with van der Waals surface area (Å²) in [5, 5.41) is 19.2. The van der Waals surface area contributed by atoms with Gasteiger partial charge >= 0.3 is 6.09 Å². The minimum atomic E-state index is -0.267. The Balaban J connectivity index is 1.01. The zero-order valence-electron chi connectivity index (χ0n) is 24.8. The standard InChI is InChI=1S/C33H35ClN8O3/c34-26-8-4-7-25(30(26)43)28-17-29(31(35)39-38-28)41-18-23-9-10-24(19-41)42(23)32-36-14-11-27(37-32)22-12-15-40(16-13-22)33(44)45-20-21-5-2-1-3-6-21/h1-8,11,14,17,22-24,43H,9-10,12-13,15-16,18-20H2,(H2,35,39)/t23-,24+. The smallest absolute Gasteiger partial charge is 0.410 e. The third-order valence-electron chi connectivity index (χ3n) is 9.16. The molecule has 7 rings (SSSR count). The van der Waals surface area contributed by atoms with Crippen LogP contribution in [0, 0.1) is 0 Å². The number of carbonyl (C=O) groups excluding carboxylic acids is 1. The number of amides is 1. The molecule has 0 radical (unpaired) electrons. The van der Waals surface area contributed by atoms with E-state index >= 15 is 0 Å². The molecule has 5 heterocycles. The number of para-hydroxylation sites is 1. The number of carbonyl (C=O) groups is 1.